The van der Waals surface area contributed by atoms with Gasteiger partial charge in [0.2, 0.25) is 5.91 Å². The van der Waals surface area contributed by atoms with Crippen molar-refractivity contribution >= 4 is 17.7 Å². The van der Waals surface area contributed by atoms with Crippen LogP contribution in [0.3, 0.4) is 0 Å². The van der Waals surface area contributed by atoms with E-state index in [9.17, 15) is 14.4 Å². The Morgan fingerprint density at radius 2 is 1.77 bits per heavy atom. The predicted octanol–water partition coefficient (Wildman–Crippen LogP) is 2.11. The van der Waals surface area contributed by atoms with E-state index < -0.39 is 0 Å². The number of carbonyl (C=O) groups is 3. The van der Waals surface area contributed by atoms with Crippen molar-refractivity contribution in [3.05, 3.63) is 65.0 Å². The van der Waals surface area contributed by atoms with Crippen LogP contribution >= 0.6 is 0 Å². The van der Waals surface area contributed by atoms with E-state index in [1.807, 2.05) is 36.1 Å². The van der Waals surface area contributed by atoms with E-state index in [0.29, 0.717) is 37.1 Å². The van der Waals surface area contributed by atoms with E-state index in [-0.39, 0.29) is 24.3 Å². The molecular formula is C23H26N4O3. The van der Waals surface area contributed by atoms with Crippen LogP contribution in [0.15, 0.2) is 42.6 Å². The van der Waals surface area contributed by atoms with Gasteiger partial charge in [-0.25, -0.2) is 0 Å². The third-order valence-electron chi connectivity index (χ3n) is 5.74. The van der Waals surface area contributed by atoms with Gasteiger partial charge in [-0.2, -0.15) is 0 Å². The Morgan fingerprint density at radius 1 is 1.00 bits per heavy atom. The molecule has 0 spiro atoms. The Hall–Kier alpha value is -3.06. The molecule has 1 fully saturated rings. The lowest BCUT2D eigenvalue weighted by atomic mass is 10.1. The number of nitrogens with zero attached hydrogens (tertiary/aromatic N) is 4. The highest BCUT2D eigenvalue weighted by atomic mass is 16.2. The number of hydrogen-bond donors (Lipinski definition) is 0. The van der Waals surface area contributed by atoms with E-state index in [0.717, 1.165) is 30.9 Å². The number of rotatable bonds is 6. The zero-order chi connectivity index (χ0) is 21.1. The minimum atomic E-state index is -0.259. The fraction of sp³-hybridized carbons (Fsp3) is 0.391. The van der Waals surface area contributed by atoms with Crippen LogP contribution in [-0.4, -0.2) is 70.1 Å². The molecule has 156 valence electrons. The van der Waals surface area contributed by atoms with E-state index in [1.165, 1.54) is 4.90 Å². The van der Waals surface area contributed by atoms with Gasteiger partial charge in [0.1, 0.15) is 0 Å². The Morgan fingerprint density at radius 3 is 2.50 bits per heavy atom. The molecule has 0 bridgehead atoms. The van der Waals surface area contributed by atoms with E-state index >= 15 is 0 Å². The van der Waals surface area contributed by atoms with Gasteiger partial charge in [0, 0.05) is 51.9 Å². The standard InChI is InChI=1S/C23H26N4O3/c1-17-7-8-19-20(15-17)23(30)27(22(19)29)10-4-6-21(28)26-13-11-25(12-14-26)16-18-5-2-3-9-24-18/h2-3,5,7-9,15H,4,6,10-14,16H2,1H3. The maximum Gasteiger partial charge on any atom is 0.261 e. The monoisotopic (exact) mass is 406 g/mol. The first-order valence-electron chi connectivity index (χ1n) is 10.4. The van der Waals surface area contributed by atoms with Crippen molar-refractivity contribution in [1.29, 1.82) is 0 Å². The molecule has 0 unspecified atom stereocenters. The van der Waals surface area contributed by atoms with Gasteiger partial charge in [-0.05, 0) is 37.6 Å². The molecule has 1 aromatic heterocycles. The smallest absolute Gasteiger partial charge is 0.261 e. The molecule has 0 atom stereocenters. The van der Waals surface area contributed by atoms with Crippen molar-refractivity contribution in [2.75, 3.05) is 32.7 Å². The summed E-state index contributed by atoms with van der Waals surface area (Å²) in [6.07, 6.45) is 2.62. The van der Waals surface area contributed by atoms with Gasteiger partial charge in [0.05, 0.1) is 16.8 Å². The summed E-state index contributed by atoms with van der Waals surface area (Å²) in [5, 5.41) is 0. The zero-order valence-corrected chi connectivity index (χ0v) is 17.2. The maximum atomic E-state index is 12.6. The van der Waals surface area contributed by atoms with Crippen molar-refractivity contribution in [1.82, 2.24) is 19.7 Å². The third-order valence-corrected chi connectivity index (χ3v) is 5.74. The van der Waals surface area contributed by atoms with Crippen molar-refractivity contribution in [2.24, 2.45) is 0 Å². The fourth-order valence-corrected chi connectivity index (χ4v) is 4.03. The molecular weight excluding hydrogens is 380 g/mol. The Kier molecular flexibility index (Phi) is 5.90. The lowest BCUT2D eigenvalue weighted by Crippen LogP contribution is -2.48. The summed E-state index contributed by atoms with van der Waals surface area (Å²) in [6, 6.07) is 11.2. The predicted molar refractivity (Wildman–Crippen MR) is 112 cm³/mol. The average molecular weight is 406 g/mol. The molecule has 7 nitrogen and oxygen atoms in total. The van der Waals surface area contributed by atoms with Gasteiger partial charge < -0.3 is 4.90 Å². The second kappa shape index (κ2) is 8.75. The summed E-state index contributed by atoms with van der Waals surface area (Å²) in [4.78, 5) is 47.4. The number of pyridine rings is 1. The molecule has 0 radical (unpaired) electrons. The van der Waals surface area contributed by atoms with Gasteiger partial charge in [-0.3, -0.25) is 29.2 Å². The maximum absolute atomic E-state index is 12.6. The van der Waals surface area contributed by atoms with E-state index in [4.69, 9.17) is 0 Å². The normalized spacial score (nSPS) is 16.8. The lowest BCUT2D eigenvalue weighted by molar-refractivity contribution is -0.133. The molecule has 1 saturated heterocycles. The second-order valence-electron chi connectivity index (χ2n) is 7.89. The zero-order valence-electron chi connectivity index (χ0n) is 17.2. The summed E-state index contributed by atoms with van der Waals surface area (Å²) >= 11 is 0. The number of aromatic nitrogens is 1. The summed E-state index contributed by atoms with van der Waals surface area (Å²) in [6.45, 7) is 5.99. The molecule has 2 aliphatic rings. The minimum Gasteiger partial charge on any atom is -0.340 e. The quantitative estimate of drug-likeness (QED) is 0.687. The number of carbonyl (C=O) groups excluding carboxylic acids is 3. The molecule has 0 N–H and O–H groups in total. The highest BCUT2D eigenvalue weighted by Gasteiger charge is 2.35. The van der Waals surface area contributed by atoms with Crippen LogP contribution in [0.1, 0.15) is 44.8 Å². The van der Waals surface area contributed by atoms with Gasteiger partial charge in [-0.1, -0.05) is 17.7 Å². The summed E-state index contributed by atoms with van der Waals surface area (Å²) in [5.74, 6) is -0.431. The van der Waals surface area contributed by atoms with Gasteiger partial charge in [0.25, 0.3) is 11.8 Å². The number of amides is 3. The highest BCUT2D eigenvalue weighted by molar-refractivity contribution is 6.21. The Labute approximate surface area is 176 Å². The highest BCUT2D eigenvalue weighted by Crippen LogP contribution is 2.24. The third kappa shape index (κ3) is 4.26. The Balaban J connectivity index is 1.22. The van der Waals surface area contributed by atoms with Crippen LogP contribution in [0.25, 0.3) is 0 Å². The number of piperazine rings is 1. The second-order valence-corrected chi connectivity index (χ2v) is 7.89. The molecule has 7 heteroatoms. The number of benzene rings is 1. The lowest BCUT2D eigenvalue weighted by Gasteiger charge is -2.34. The minimum absolute atomic E-state index is 0.0833. The summed E-state index contributed by atoms with van der Waals surface area (Å²) in [7, 11) is 0. The van der Waals surface area contributed by atoms with Crippen molar-refractivity contribution in [3.63, 3.8) is 0 Å². The first-order chi connectivity index (χ1) is 14.5. The van der Waals surface area contributed by atoms with Crippen LogP contribution in [0.2, 0.25) is 0 Å². The van der Waals surface area contributed by atoms with Gasteiger partial charge >= 0.3 is 0 Å². The Bertz CT molecular complexity index is 952. The first kappa shape index (κ1) is 20.2. The van der Waals surface area contributed by atoms with Crippen molar-refractivity contribution in [3.8, 4) is 0 Å². The molecule has 4 rings (SSSR count). The first-order valence-corrected chi connectivity index (χ1v) is 10.4. The molecule has 0 aliphatic carbocycles. The summed E-state index contributed by atoms with van der Waals surface area (Å²) < 4.78 is 0. The molecule has 2 aliphatic heterocycles. The largest absolute Gasteiger partial charge is 0.340 e. The van der Waals surface area contributed by atoms with Crippen molar-refractivity contribution < 1.29 is 14.4 Å². The van der Waals surface area contributed by atoms with Gasteiger partial charge in [-0.15, -0.1) is 0 Å². The SMILES string of the molecule is Cc1ccc2c(c1)C(=O)N(CCCC(=O)N1CCN(Cc3ccccn3)CC1)C2=O. The van der Waals surface area contributed by atoms with Crippen LogP contribution in [0, 0.1) is 6.92 Å². The number of imide groups is 1. The number of aryl methyl sites for hydroxylation is 1. The van der Waals surface area contributed by atoms with Crippen LogP contribution in [0.5, 0.6) is 0 Å². The van der Waals surface area contributed by atoms with Crippen molar-refractivity contribution in [2.45, 2.75) is 26.3 Å². The van der Waals surface area contributed by atoms with Crippen LogP contribution < -0.4 is 0 Å². The molecule has 2 aromatic rings. The average Bonchev–Trinajstić information content (AvgIpc) is 2.99. The fourth-order valence-electron chi connectivity index (χ4n) is 4.03. The van der Waals surface area contributed by atoms with E-state index in [2.05, 4.69) is 9.88 Å². The topological polar surface area (TPSA) is 73.8 Å². The van der Waals surface area contributed by atoms with E-state index in [1.54, 1.807) is 18.3 Å². The molecule has 30 heavy (non-hydrogen) atoms. The summed E-state index contributed by atoms with van der Waals surface area (Å²) in [5.41, 5.74) is 2.92. The molecule has 3 amide bonds. The van der Waals surface area contributed by atoms with Crippen LogP contribution in [-0.2, 0) is 11.3 Å². The number of hydrogen-bond acceptors (Lipinski definition) is 5. The molecule has 3 heterocycles. The molecule has 1 aromatic carbocycles. The molecule has 0 saturated carbocycles. The number of fused-ring (bicyclic) bond motifs is 1. The van der Waals surface area contributed by atoms with Gasteiger partial charge in [0.15, 0.2) is 0 Å². The van der Waals surface area contributed by atoms with Crippen LogP contribution in [0.4, 0.5) is 0 Å².